The van der Waals surface area contributed by atoms with Crippen LogP contribution in [0, 0.1) is 0 Å². The van der Waals surface area contributed by atoms with Gasteiger partial charge in [-0.2, -0.15) is 0 Å². The van der Waals surface area contributed by atoms with Crippen LogP contribution in [-0.2, 0) is 27.3 Å². The zero-order valence-corrected chi connectivity index (χ0v) is 45.7. The second-order valence-corrected chi connectivity index (χ2v) is 38.3. The highest BCUT2D eigenvalue weighted by Crippen LogP contribution is 2.51. The van der Waals surface area contributed by atoms with E-state index in [1.807, 2.05) is 6.92 Å². The SMILES string of the molecule is CCOC(COP(N(C(C)C)C(C)C)N(C(C)C)C(C)C)OCCSC(=O)NC(CO[Si](C)(C)C(C)(C)C)(CO[Si](C)(C)C(C)(C)C)CO[Si](C)(C)C(C)(C)C. The van der Waals surface area contributed by atoms with E-state index in [2.05, 4.69) is 172 Å². The van der Waals surface area contributed by atoms with E-state index >= 15 is 0 Å². The first-order valence-corrected chi connectivity index (χ1v) is 32.0. The molecule has 0 saturated carbocycles. The molecule has 1 N–H and O–H groups in total. The smallest absolute Gasteiger partial charge is 0.279 e. The second kappa shape index (κ2) is 23.1. The Balaban J connectivity index is 6.33. The number of carbonyl (C=O) groups excluding carboxylic acids is 1. The molecule has 15 heteroatoms. The Morgan fingerprint density at radius 2 is 0.964 bits per heavy atom. The van der Waals surface area contributed by atoms with Crippen LogP contribution >= 0.6 is 20.2 Å². The van der Waals surface area contributed by atoms with Crippen LogP contribution in [0.25, 0.3) is 0 Å². The lowest BCUT2D eigenvalue weighted by Crippen LogP contribution is -2.63. The van der Waals surface area contributed by atoms with Crippen LogP contribution < -0.4 is 5.32 Å². The van der Waals surface area contributed by atoms with Gasteiger partial charge in [-0.25, -0.2) is 9.34 Å². The van der Waals surface area contributed by atoms with Crippen molar-refractivity contribution in [2.45, 2.75) is 215 Å². The van der Waals surface area contributed by atoms with E-state index in [4.69, 9.17) is 27.3 Å². The van der Waals surface area contributed by atoms with Gasteiger partial charge in [0.15, 0.2) is 39.7 Å². The van der Waals surface area contributed by atoms with Crippen LogP contribution in [0.1, 0.15) is 125 Å². The Bertz CT molecular complexity index is 1030. The van der Waals surface area contributed by atoms with Crippen LogP contribution in [0.5, 0.6) is 0 Å². The molecule has 0 rings (SSSR count). The summed E-state index contributed by atoms with van der Waals surface area (Å²) in [6.07, 6.45) is -0.552. The fourth-order valence-electron chi connectivity index (χ4n) is 5.10. The van der Waals surface area contributed by atoms with E-state index in [1.54, 1.807) is 0 Å². The lowest BCUT2D eigenvalue weighted by atomic mass is 10.0. The van der Waals surface area contributed by atoms with Crippen molar-refractivity contribution in [3.63, 3.8) is 0 Å². The van der Waals surface area contributed by atoms with Gasteiger partial charge in [0.2, 0.25) is 0 Å². The van der Waals surface area contributed by atoms with Crippen molar-refractivity contribution < 1.29 is 32.1 Å². The third-order valence-corrected chi connectivity index (χ3v) is 28.9. The highest BCUT2D eigenvalue weighted by molar-refractivity contribution is 8.13. The molecule has 0 radical (unpaired) electrons. The average Bonchev–Trinajstić information content (AvgIpc) is 3.00. The monoisotopic (exact) mass is 886 g/mol. The van der Waals surface area contributed by atoms with E-state index in [1.165, 1.54) is 11.8 Å². The summed E-state index contributed by atoms with van der Waals surface area (Å²) in [5.41, 5.74) is -0.873. The standard InChI is InChI=1S/C41H92N3O7PSSi3/c1-25-46-36(28-48-52(43(32(2)3)33(4)5)44(34(6)7)35(8)9)47-26-27-53-37(45)42-41(29-49-54(19,20)38(10,11)12,30-50-55(21,22)39(13,14)15)31-51-56(23,24)40(16,17)18/h32-36H,25-31H2,1-24H3,(H,42,45). The normalized spacial score (nSPS) is 15.1. The van der Waals surface area contributed by atoms with Crippen molar-refractivity contribution >= 4 is 50.4 Å². The molecular weight excluding hydrogens is 794 g/mol. The summed E-state index contributed by atoms with van der Waals surface area (Å²) < 4.78 is 44.7. The molecule has 1 unspecified atom stereocenters. The van der Waals surface area contributed by atoms with Gasteiger partial charge in [0.1, 0.15) is 12.1 Å². The predicted molar refractivity (Wildman–Crippen MR) is 252 cm³/mol. The average molecular weight is 886 g/mol. The van der Waals surface area contributed by atoms with Gasteiger partial charge in [-0.1, -0.05) is 74.1 Å². The maximum atomic E-state index is 14.0. The quantitative estimate of drug-likeness (QED) is 0.0414. The molecule has 0 heterocycles. The maximum absolute atomic E-state index is 14.0. The molecule has 0 aliphatic heterocycles. The minimum absolute atomic E-state index is 0.00112. The molecule has 1 atom stereocenters. The molecule has 0 spiro atoms. The molecule has 336 valence electrons. The van der Waals surface area contributed by atoms with E-state index in [9.17, 15) is 4.79 Å². The largest absolute Gasteiger partial charge is 0.414 e. The van der Waals surface area contributed by atoms with Crippen molar-refractivity contribution in [1.29, 1.82) is 0 Å². The summed E-state index contributed by atoms with van der Waals surface area (Å²) in [4.78, 5) is 14.0. The summed E-state index contributed by atoms with van der Waals surface area (Å²) >= 11 is 1.21. The minimum Gasteiger partial charge on any atom is -0.414 e. The molecule has 1 amide bonds. The second-order valence-electron chi connectivity index (χ2n) is 21.1. The van der Waals surface area contributed by atoms with Crippen LogP contribution in [0.3, 0.4) is 0 Å². The van der Waals surface area contributed by atoms with Crippen molar-refractivity contribution in [2.75, 3.05) is 45.4 Å². The molecule has 56 heavy (non-hydrogen) atoms. The molecule has 0 bridgehead atoms. The maximum Gasteiger partial charge on any atom is 0.279 e. The molecule has 0 aliphatic rings. The number of nitrogens with one attached hydrogen (secondary N) is 1. The highest BCUT2D eigenvalue weighted by Gasteiger charge is 2.47. The lowest BCUT2D eigenvalue weighted by molar-refractivity contribution is -0.152. The topological polar surface area (TPSA) is 91.0 Å². The van der Waals surface area contributed by atoms with Crippen molar-refractivity contribution in [3.8, 4) is 0 Å². The number of amides is 1. The summed E-state index contributed by atoms with van der Waals surface area (Å²) in [6.45, 7) is 55.5. The summed E-state index contributed by atoms with van der Waals surface area (Å²) in [7, 11) is -7.66. The molecule has 0 saturated heterocycles. The number of rotatable bonds is 25. The Hall–Kier alpha value is 0.581. The third kappa shape index (κ3) is 18.3. The molecule has 0 aromatic heterocycles. The van der Waals surface area contributed by atoms with Crippen LogP contribution in [0.15, 0.2) is 0 Å². The number of ether oxygens (including phenoxy) is 2. The van der Waals surface area contributed by atoms with E-state index in [0.717, 1.165) is 0 Å². The molecule has 0 aromatic rings. The van der Waals surface area contributed by atoms with Crippen LogP contribution in [0.4, 0.5) is 4.79 Å². The van der Waals surface area contributed by atoms with Crippen LogP contribution in [-0.4, -0.2) is 121 Å². The van der Waals surface area contributed by atoms with E-state index < -0.39 is 45.2 Å². The van der Waals surface area contributed by atoms with Gasteiger partial charge in [-0.05, 0) is 117 Å². The van der Waals surface area contributed by atoms with Crippen molar-refractivity contribution in [3.05, 3.63) is 0 Å². The summed E-state index contributed by atoms with van der Waals surface area (Å²) in [5.74, 6) is 0.448. The number of hydrogen-bond donors (Lipinski definition) is 1. The fraction of sp³-hybridized carbons (Fsp3) is 0.976. The first-order valence-electron chi connectivity index (χ1n) is 21.2. The Kier molecular flexibility index (Phi) is 23.4. The van der Waals surface area contributed by atoms with E-state index in [-0.39, 0.29) is 20.4 Å². The molecule has 0 aliphatic carbocycles. The van der Waals surface area contributed by atoms with Gasteiger partial charge in [0, 0.05) is 36.5 Å². The Labute approximate surface area is 356 Å². The van der Waals surface area contributed by atoms with Crippen molar-refractivity contribution in [1.82, 2.24) is 14.7 Å². The zero-order chi connectivity index (χ0) is 44.3. The lowest BCUT2D eigenvalue weighted by Gasteiger charge is -2.46. The predicted octanol–water partition coefficient (Wildman–Crippen LogP) is 12.1. The van der Waals surface area contributed by atoms with Crippen LogP contribution in [0.2, 0.25) is 54.4 Å². The summed E-state index contributed by atoms with van der Waals surface area (Å²) in [6, 6.07) is 1.23. The number of thioether (sulfide) groups is 1. The number of carbonyl (C=O) groups is 1. The van der Waals surface area contributed by atoms with Gasteiger partial charge < -0.3 is 32.6 Å². The first-order chi connectivity index (χ1) is 25.1. The zero-order valence-electron chi connectivity index (χ0n) is 40.9. The fourth-order valence-corrected chi connectivity index (χ4v) is 11.3. The van der Waals surface area contributed by atoms with Gasteiger partial charge in [0.25, 0.3) is 5.24 Å². The number of nitrogens with zero attached hydrogens (tertiary/aromatic N) is 2. The molecule has 0 aromatic carbocycles. The van der Waals surface area contributed by atoms with E-state index in [0.29, 0.717) is 69.6 Å². The highest BCUT2D eigenvalue weighted by atomic mass is 32.2. The Morgan fingerprint density at radius 1 is 0.625 bits per heavy atom. The van der Waals surface area contributed by atoms with Gasteiger partial charge in [-0.15, -0.1) is 0 Å². The van der Waals surface area contributed by atoms with Gasteiger partial charge in [0.05, 0.1) is 26.4 Å². The minimum atomic E-state index is -2.19. The molecule has 10 nitrogen and oxygen atoms in total. The van der Waals surface area contributed by atoms with Gasteiger partial charge in [-0.3, -0.25) is 4.79 Å². The Morgan fingerprint density at radius 3 is 1.25 bits per heavy atom. The third-order valence-electron chi connectivity index (χ3n) is 11.7. The number of hydrogen-bond acceptors (Lipinski definition) is 10. The summed E-state index contributed by atoms with van der Waals surface area (Å²) in [5, 5.41) is 3.28. The first kappa shape index (κ1) is 56.6. The van der Waals surface area contributed by atoms with Gasteiger partial charge >= 0.3 is 0 Å². The van der Waals surface area contributed by atoms with Crippen molar-refractivity contribution in [2.24, 2.45) is 0 Å². The molecule has 0 fully saturated rings. The molecular formula is C41H92N3O7PSSi3.